The van der Waals surface area contributed by atoms with Crippen molar-refractivity contribution >= 4 is 28.4 Å². The third-order valence-electron chi connectivity index (χ3n) is 4.47. The molecule has 6 nitrogen and oxygen atoms in total. The van der Waals surface area contributed by atoms with E-state index in [0.717, 1.165) is 11.1 Å². The fourth-order valence-electron chi connectivity index (χ4n) is 2.92. The van der Waals surface area contributed by atoms with Gasteiger partial charge in [0.2, 0.25) is 5.55 Å². The molecule has 4 aromatic rings. The summed E-state index contributed by atoms with van der Waals surface area (Å²) in [6.07, 6.45) is 1.60. The zero-order valence-corrected chi connectivity index (χ0v) is 16.0. The van der Waals surface area contributed by atoms with Crippen molar-refractivity contribution in [3.05, 3.63) is 89.1 Å². The minimum Gasteiger partial charge on any atom is -0.508 e. The predicted octanol–water partition coefficient (Wildman–Crippen LogP) is 4.63. The summed E-state index contributed by atoms with van der Waals surface area (Å²) >= 11 is 0. The molecule has 29 heavy (non-hydrogen) atoms. The highest BCUT2D eigenvalue weighted by molar-refractivity contribution is 6.05. The lowest BCUT2D eigenvalue weighted by atomic mass is 10.1. The minimum atomic E-state index is -0.383. The van der Waals surface area contributed by atoms with Gasteiger partial charge in [-0.05, 0) is 61.4 Å². The number of benzene rings is 2. The average molecular weight is 385 g/mol. The largest absolute Gasteiger partial charge is 0.508 e. The molecular formula is C23H19N3O3. The number of pyridine rings is 1. The Morgan fingerprint density at radius 2 is 1.93 bits per heavy atom. The maximum Gasteiger partial charge on any atom is 0.262 e. The Balaban J connectivity index is 1.90. The molecule has 2 aromatic heterocycles. The number of amides is 1. The van der Waals surface area contributed by atoms with E-state index < -0.39 is 0 Å². The van der Waals surface area contributed by atoms with E-state index in [9.17, 15) is 9.90 Å². The van der Waals surface area contributed by atoms with Gasteiger partial charge in [0.05, 0.1) is 5.69 Å². The highest BCUT2D eigenvalue weighted by Gasteiger charge is 2.14. The highest BCUT2D eigenvalue weighted by Crippen LogP contribution is 2.22. The lowest BCUT2D eigenvalue weighted by Crippen LogP contribution is -2.22. The summed E-state index contributed by atoms with van der Waals surface area (Å²) in [6.45, 7) is 3.92. The Morgan fingerprint density at radius 3 is 2.72 bits per heavy atom. The first-order valence-corrected chi connectivity index (χ1v) is 9.11. The first kappa shape index (κ1) is 18.4. The number of nitrogens with zero attached hydrogens (tertiary/aromatic N) is 2. The smallest absolute Gasteiger partial charge is 0.262 e. The molecule has 1 amide bonds. The fraction of sp³-hybridized carbons (Fsp3) is 0.0870. The van der Waals surface area contributed by atoms with Crippen molar-refractivity contribution < 1.29 is 14.3 Å². The first-order valence-electron chi connectivity index (χ1n) is 9.11. The molecule has 4 rings (SSSR count). The predicted molar refractivity (Wildman–Crippen MR) is 111 cm³/mol. The molecule has 0 atom stereocenters. The second kappa shape index (κ2) is 7.59. The van der Waals surface area contributed by atoms with Gasteiger partial charge in [-0.25, -0.2) is 9.98 Å². The number of hydrogen-bond acceptors (Lipinski definition) is 5. The van der Waals surface area contributed by atoms with Crippen LogP contribution in [-0.2, 0) is 0 Å². The Labute approximate surface area is 167 Å². The molecule has 0 spiro atoms. The monoisotopic (exact) mass is 385 g/mol. The van der Waals surface area contributed by atoms with Gasteiger partial charge in [-0.1, -0.05) is 18.2 Å². The maximum absolute atomic E-state index is 13.0. The van der Waals surface area contributed by atoms with Gasteiger partial charge in [0.15, 0.2) is 0 Å². The van der Waals surface area contributed by atoms with Crippen molar-refractivity contribution in [1.29, 1.82) is 0 Å². The Bertz CT molecular complexity index is 1280. The van der Waals surface area contributed by atoms with Crippen LogP contribution in [0, 0.1) is 13.8 Å². The summed E-state index contributed by atoms with van der Waals surface area (Å²) in [5, 5.41) is 13.2. The zero-order chi connectivity index (χ0) is 20.4. The van der Waals surface area contributed by atoms with E-state index in [0.29, 0.717) is 22.5 Å². The normalized spacial score (nSPS) is 11.6. The van der Waals surface area contributed by atoms with Crippen molar-refractivity contribution in [2.75, 3.05) is 5.32 Å². The van der Waals surface area contributed by atoms with Crippen LogP contribution in [0.3, 0.4) is 0 Å². The zero-order valence-electron chi connectivity index (χ0n) is 16.0. The number of carbonyl (C=O) groups is 1. The molecule has 0 aliphatic rings. The van der Waals surface area contributed by atoms with Crippen LogP contribution in [0.1, 0.15) is 21.5 Å². The number of phenolic OH excluding ortho intramolecular Hbond substituents is 1. The molecule has 2 aromatic carbocycles. The lowest BCUT2D eigenvalue weighted by molar-refractivity contribution is 0.102. The third kappa shape index (κ3) is 4.01. The number of carbonyl (C=O) groups excluding carboxylic acids is 1. The van der Waals surface area contributed by atoms with Crippen molar-refractivity contribution in [3.63, 3.8) is 0 Å². The van der Waals surface area contributed by atoms with Gasteiger partial charge in [0.25, 0.3) is 5.91 Å². The van der Waals surface area contributed by atoms with Crippen LogP contribution in [0.2, 0.25) is 0 Å². The van der Waals surface area contributed by atoms with Crippen LogP contribution in [0.15, 0.2) is 76.3 Å². The summed E-state index contributed by atoms with van der Waals surface area (Å²) < 4.78 is 5.92. The number of aryl methyl sites for hydroxylation is 2. The molecule has 2 N–H and O–H groups in total. The Hall–Kier alpha value is -3.93. The molecule has 2 heterocycles. The number of aromatic nitrogens is 1. The van der Waals surface area contributed by atoms with E-state index in [2.05, 4.69) is 15.3 Å². The maximum atomic E-state index is 13.0. The van der Waals surface area contributed by atoms with E-state index in [4.69, 9.17) is 4.42 Å². The number of nitrogens with one attached hydrogen (secondary N) is 1. The van der Waals surface area contributed by atoms with Gasteiger partial charge in [-0.15, -0.1) is 0 Å². The molecule has 0 bridgehead atoms. The van der Waals surface area contributed by atoms with Crippen molar-refractivity contribution in [2.45, 2.75) is 13.8 Å². The van der Waals surface area contributed by atoms with Crippen molar-refractivity contribution in [1.82, 2.24) is 4.98 Å². The highest BCUT2D eigenvalue weighted by atomic mass is 16.3. The van der Waals surface area contributed by atoms with Crippen LogP contribution < -0.4 is 10.9 Å². The molecule has 0 aliphatic carbocycles. The number of phenols is 1. The summed E-state index contributed by atoms with van der Waals surface area (Å²) in [6, 6.07) is 17.6. The molecule has 144 valence electrons. The topological polar surface area (TPSA) is 87.7 Å². The summed E-state index contributed by atoms with van der Waals surface area (Å²) in [7, 11) is 0. The minimum absolute atomic E-state index is 0.0737. The lowest BCUT2D eigenvalue weighted by Gasteiger charge is -2.07. The van der Waals surface area contributed by atoms with Crippen LogP contribution in [-0.4, -0.2) is 16.0 Å². The molecule has 0 radical (unpaired) electrons. The van der Waals surface area contributed by atoms with Crippen LogP contribution in [0.5, 0.6) is 5.75 Å². The number of fused-ring (bicyclic) bond motifs is 1. The molecule has 0 unspecified atom stereocenters. The van der Waals surface area contributed by atoms with E-state index >= 15 is 0 Å². The SMILES string of the molecule is Cc1ccc(C)c(N=c2oc3cc(O)ccc3cc2C(=O)Nc2ccccn2)c1. The first-order chi connectivity index (χ1) is 14.0. The van der Waals surface area contributed by atoms with Gasteiger partial charge < -0.3 is 14.8 Å². The summed E-state index contributed by atoms with van der Waals surface area (Å²) in [5.41, 5.74) is 3.58. The molecule has 0 fully saturated rings. The van der Waals surface area contributed by atoms with E-state index in [-0.39, 0.29) is 22.8 Å². The van der Waals surface area contributed by atoms with Crippen LogP contribution in [0.25, 0.3) is 11.0 Å². The fourth-order valence-corrected chi connectivity index (χ4v) is 2.92. The summed E-state index contributed by atoms with van der Waals surface area (Å²) in [4.78, 5) is 21.7. The van der Waals surface area contributed by atoms with Crippen LogP contribution >= 0.6 is 0 Å². The van der Waals surface area contributed by atoms with E-state index in [1.54, 1.807) is 42.6 Å². The molecular weight excluding hydrogens is 366 g/mol. The standard InChI is InChI=1S/C23H19N3O3/c1-14-6-7-15(2)19(11-14)25-23-18(22(28)26-21-5-3-4-10-24-21)12-16-8-9-17(27)13-20(16)29-23/h3-13,27H,1-2H3,(H,24,26,28). The Kier molecular flexibility index (Phi) is 4.83. The molecule has 6 heteroatoms. The number of hydrogen-bond donors (Lipinski definition) is 2. The number of rotatable bonds is 3. The van der Waals surface area contributed by atoms with Gasteiger partial charge in [-0.2, -0.15) is 0 Å². The summed E-state index contributed by atoms with van der Waals surface area (Å²) in [5.74, 6) is 0.122. The quantitative estimate of drug-likeness (QED) is 0.538. The Morgan fingerprint density at radius 1 is 1.07 bits per heavy atom. The second-order valence-electron chi connectivity index (χ2n) is 6.76. The van der Waals surface area contributed by atoms with Crippen molar-refractivity contribution in [2.24, 2.45) is 4.99 Å². The van der Waals surface area contributed by atoms with Gasteiger partial charge >= 0.3 is 0 Å². The van der Waals surface area contributed by atoms with Gasteiger partial charge in [0.1, 0.15) is 22.7 Å². The molecule has 0 aliphatic heterocycles. The van der Waals surface area contributed by atoms with Crippen LogP contribution in [0.4, 0.5) is 11.5 Å². The molecule has 0 saturated carbocycles. The second-order valence-corrected chi connectivity index (χ2v) is 6.76. The molecule has 0 saturated heterocycles. The van der Waals surface area contributed by atoms with E-state index in [1.807, 2.05) is 32.0 Å². The van der Waals surface area contributed by atoms with Gasteiger partial charge in [0, 0.05) is 17.6 Å². The van der Waals surface area contributed by atoms with Crippen molar-refractivity contribution in [3.8, 4) is 5.75 Å². The van der Waals surface area contributed by atoms with E-state index in [1.165, 1.54) is 6.07 Å². The average Bonchev–Trinajstić information content (AvgIpc) is 2.71. The third-order valence-corrected chi connectivity index (χ3v) is 4.47. The van der Waals surface area contributed by atoms with Gasteiger partial charge in [-0.3, -0.25) is 4.79 Å². The number of anilines is 1. The number of aromatic hydroxyl groups is 1.